The minimum Gasteiger partial charge on any atom is -0.366 e. The zero-order valence-electron chi connectivity index (χ0n) is 7.05. The third kappa shape index (κ3) is 1.60. The molecule has 0 amide bonds. The molecule has 0 spiro atoms. The van der Waals surface area contributed by atoms with Gasteiger partial charge in [-0.15, -0.1) is 0 Å². The van der Waals surface area contributed by atoms with Gasteiger partial charge in [0.25, 0.3) is 0 Å². The van der Waals surface area contributed by atoms with E-state index in [9.17, 15) is 0 Å². The molecular formula is C11H12O. The maximum absolute atomic E-state index is 5.68. The van der Waals surface area contributed by atoms with E-state index < -0.39 is 0 Å². The quantitative estimate of drug-likeness (QED) is 0.389. The van der Waals surface area contributed by atoms with Gasteiger partial charge in [0.1, 0.15) is 0 Å². The topological polar surface area (TPSA) is 9.23 Å². The van der Waals surface area contributed by atoms with Crippen LogP contribution in [-0.4, -0.2) is 12.2 Å². The summed E-state index contributed by atoms with van der Waals surface area (Å²) in [6.07, 6.45) is 7.32. The van der Waals surface area contributed by atoms with E-state index in [2.05, 4.69) is 30.6 Å². The summed E-state index contributed by atoms with van der Waals surface area (Å²) in [5, 5.41) is 0. The first-order chi connectivity index (χ1) is 5.84. The van der Waals surface area contributed by atoms with Gasteiger partial charge >= 0.3 is 0 Å². The Kier molecular flexibility index (Phi) is 2.01. The predicted octanol–water partition coefficient (Wildman–Crippen LogP) is 2.05. The second-order valence-electron chi connectivity index (χ2n) is 3.29. The Labute approximate surface area is 73.1 Å². The van der Waals surface area contributed by atoms with E-state index in [1.165, 1.54) is 5.57 Å². The predicted molar refractivity (Wildman–Crippen MR) is 48.6 cm³/mol. The third-order valence-corrected chi connectivity index (χ3v) is 2.15. The molecule has 0 aromatic carbocycles. The van der Waals surface area contributed by atoms with Crippen molar-refractivity contribution in [3.05, 3.63) is 24.3 Å². The molecule has 0 aromatic heterocycles. The van der Waals surface area contributed by atoms with Crippen LogP contribution in [0.4, 0.5) is 0 Å². The van der Waals surface area contributed by atoms with Crippen LogP contribution in [0, 0.1) is 11.8 Å². The fraction of sp³-hybridized carbons (Fsp3) is 0.455. The largest absolute Gasteiger partial charge is 0.366 e. The molecule has 0 saturated carbocycles. The zero-order chi connectivity index (χ0) is 8.39. The van der Waals surface area contributed by atoms with Gasteiger partial charge in [0, 0.05) is 12.8 Å². The van der Waals surface area contributed by atoms with Crippen molar-refractivity contribution < 1.29 is 4.74 Å². The van der Waals surface area contributed by atoms with E-state index in [1.54, 1.807) is 0 Å². The summed E-state index contributed by atoms with van der Waals surface area (Å²) in [7, 11) is 0. The third-order valence-electron chi connectivity index (χ3n) is 2.15. The van der Waals surface area contributed by atoms with E-state index >= 15 is 0 Å². The van der Waals surface area contributed by atoms with Crippen LogP contribution in [-0.2, 0) is 4.74 Å². The van der Waals surface area contributed by atoms with Crippen LogP contribution >= 0.6 is 0 Å². The number of hydrogen-bond donors (Lipinski definition) is 0. The maximum atomic E-state index is 5.68. The summed E-state index contributed by atoms with van der Waals surface area (Å²) in [6, 6.07) is 0. The van der Waals surface area contributed by atoms with Crippen molar-refractivity contribution in [1.82, 2.24) is 0 Å². The lowest BCUT2D eigenvalue weighted by Gasteiger charge is -2.11. The molecule has 0 saturated heterocycles. The minimum atomic E-state index is 0.230. The van der Waals surface area contributed by atoms with E-state index in [-0.39, 0.29) is 12.2 Å². The van der Waals surface area contributed by atoms with Gasteiger partial charge in [0.2, 0.25) is 0 Å². The number of fused-ring (bicyclic) bond motifs is 2. The van der Waals surface area contributed by atoms with Crippen molar-refractivity contribution in [3.63, 3.8) is 0 Å². The maximum Gasteiger partial charge on any atom is 0.0874 e. The molecule has 0 radical (unpaired) electrons. The van der Waals surface area contributed by atoms with Crippen molar-refractivity contribution in [2.45, 2.75) is 31.5 Å². The van der Waals surface area contributed by atoms with Gasteiger partial charge in [0.05, 0.1) is 12.2 Å². The first-order valence-electron chi connectivity index (χ1n) is 4.31. The average Bonchev–Trinajstić information content (AvgIpc) is 2.49. The molecule has 0 aromatic rings. The summed E-state index contributed by atoms with van der Waals surface area (Å²) in [5.74, 6) is 6.20. The lowest BCUT2D eigenvalue weighted by molar-refractivity contribution is 0.0646. The Balaban J connectivity index is 2.13. The molecule has 0 fully saturated rings. The highest BCUT2D eigenvalue weighted by molar-refractivity contribution is 5.18. The summed E-state index contributed by atoms with van der Waals surface area (Å²) in [4.78, 5) is 0. The summed E-state index contributed by atoms with van der Waals surface area (Å²) < 4.78 is 5.68. The lowest BCUT2D eigenvalue weighted by atomic mass is 10.1. The van der Waals surface area contributed by atoms with Crippen molar-refractivity contribution in [2.75, 3.05) is 0 Å². The first kappa shape index (κ1) is 7.64. The van der Waals surface area contributed by atoms with E-state index in [4.69, 9.17) is 4.74 Å². The molecule has 0 N–H and O–H groups in total. The Morgan fingerprint density at radius 1 is 1.33 bits per heavy atom. The van der Waals surface area contributed by atoms with Gasteiger partial charge in [-0.05, 0) is 6.42 Å². The van der Waals surface area contributed by atoms with Gasteiger partial charge in [0.15, 0.2) is 0 Å². The van der Waals surface area contributed by atoms with Crippen LogP contribution in [0.5, 0.6) is 0 Å². The van der Waals surface area contributed by atoms with Crippen LogP contribution in [0.1, 0.15) is 19.3 Å². The summed E-state index contributed by atoms with van der Waals surface area (Å²) >= 11 is 0. The van der Waals surface area contributed by atoms with E-state index in [1.807, 2.05) is 0 Å². The van der Waals surface area contributed by atoms with Gasteiger partial charge in [-0.3, -0.25) is 0 Å². The van der Waals surface area contributed by atoms with Crippen molar-refractivity contribution in [2.24, 2.45) is 0 Å². The van der Waals surface area contributed by atoms with E-state index in [0.717, 1.165) is 19.3 Å². The molecule has 1 heteroatoms. The van der Waals surface area contributed by atoms with Crippen molar-refractivity contribution >= 4 is 0 Å². The van der Waals surface area contributed by atoms with Gasteiger partial charge < -0.3 is 4.74 Å². The highest BCUT2D eigenvalue weighted by Crippen LogP contribution is 2.21. The standard InChI is InChI=1S/C11H12O/c1-9-4-2-3-5-10-6-7-11(8-9)12-10/h6-7,10-11H,1,4-5,8H2/t10-,11-/m1/s1. The number of hydrogen-bond acceptors (Lipinski definition) is 1. The number of ether oxygens (including phenoxy) is 1. The monoisotopic (exact) mass is 160 g/mol. The van der Waals surface area contributed by atoms with Crippen molar-refractivity contribution in [1.29, 1.82) is 0 Å². The fourth-order valence-electron chi connectivity index (χ4n) is 1.51. The molecule has 2 aliphatic heterocycles. The Morgan fingerprint density at radius 2 is 2.17 bits per heavy atom. The second kappa shape index (κ2) is 3.16. The van der Waals surface area contributed by atoms with Crippen LogP contribution in [0.15, 0.2) is 24.3 Å². The molecule has 1 nitrogen and oxygen atoms in total. The molecule has 2 atom stereocenters. The van der Waals surface area contributed by atoms with Crippen LogP contribution < -0.4 is 0 Å². The average molecular weight is 160 g/mol. The molecule has 2 aliphatic rings. The Hall–Kier alpha value is -1.00. The Bertz CT molecular complexity index is 277. The minimum absolute atomic E-state index is 0.230. The highest BCUT2D eigenvalue weighted by Gasteiger charge is 2.19. The van der Waals surface area contributed by atoms with E-state index in [0.29, 0.717) is 0 Å². The highest BCUT2D eigenvalue weighted by atomic mass is 16.5. The SMILES string of the molecule is C=C1CC#CC[C@@H]2C=C[C@H](C1)O2. The molecule has 2 rings (SSSR count). The number of rotatable bonds is 0. The molecule has 2 heterocycles. The molecule has 62 valence electrons. The van der Waals surface area contributed by atoms with Crippen molar-refractivity contribution in [3.8, 4) is 11.8 Å². The summed E-state index contributed by atoms with van der Waals surface area (Å²) in [6.45, 7) is 3.96. The normalized spacial score (nSPS) is 33.2. The zero-order valence-corrected chi connectivity index (χ0v) is 7.05. The molecule has 0 aliphatic carbocycles. The van der Waals surface area contributed by atoms with Gasteiger partial charge in [-0.25, -0.2) is 0 Å². The van der Waals surface area contributed by atoms with Crippen LogP contribution in [0.3, 0.4) is 0 Å². The molecule has 2 bridgehead atoms. The molecular weight excluding hydrogens is 148 g/mol. The molecule has 12 heavy (non-hydrogen) atoms. The first-order valence-corrected chi connectivity index (χ1v) is 4.31. The van der Waals surface area contributed by atoms with Gasteiger partial charge in [-0.2, -0.15) is 0 Å². The van der Waals surface area contributed by atoms with Gasteiger partial charge in [-0.1, -0.05) is 36.1 Å². The Morgan fingerprint density at radius 3 is 3.08 bits per heavy atom. The van der Waals surface area contributed by atoms with Crippen LogP contribution in [0.25, 0.3) is 0 Å². The second-order valence-corrected chi connectivity index (χ2v) is 3.29. The summed E-state index contributed by atoms with van der Waals surface area (Å²) in [5.41, 5.74) is 1.18. The van der Waals surface area contributed by atoms with Crippen LogP contribution in [0.2, 0.25) is 0 Å². The lowest BCUT2D eigenvalue weighted by Crippen LogP contribution is -2.11. The smallest absolute Gasteiger partial charge is 0.0874 e. The fourth-order valence-corrected chi connectivity index (χ4v) is 1.51. The molecule has 0 unspecified atom stereocenters.